The van der Waals surface area contributed by atoms with E-state index in [-0.39, 0.29) is 11.3 Å². The van der Waals surface area contributed by atoms with Crippen molar-refractivity contribution in [3.8, 4) is 6.07 Å². The van der Waals surface area contributed by atoms with Crippen molar-refractivity contribution in [1.82, 2.24) is 0 Å². The molecule has 1 atom stereocenters. The molecule has 0 spiro atoms. The topological polar surface area (TPSA) is 79.2 Å². The second kappa shape index (κ2) is 4.07. The second-order valence-corrected chi connectivity index (χ2v) is 5.87. The SMILES string of the molecule is CS1(=O)=NC(c2ccccc2)=C(C#N)C(N)=C1. The number of nitriles is 1. The fourth-order valence-corrected chi connectivity index (χ4v) is 2.80. The van der Waals surface area contributed by atoms with Gasteiger partial charge in [-0.15, -0.1) is 0 Å². The molecule has 2 N–H and O–H groups in total. The summed E-state index contributed by atoms with van der Waals surface area (Å²) in [6.45, 7) is 0. The summed E-state index contributed by atoms with van der Waals surface area (Å²) in [5, 5.41) is 10.4. The maximum Gasteiger partial charge on any atom is 0.104 e. The van der Waals surface area contributed by atoms with Crippen LogP contribution in [0.4, 0.5) is 0 Å². The van der Waals surface area contributed by atoms with Crippen molar-refractivity contribution in [1.29, 1.82) is 5.26 Å². The lowest BCUT2D eigenvalue weighted by molar-refractivity contribution is 0.686. The van der Waals surface area contributed by atoms with Gasteiger partial charge in [-0.25, -0.2) is 4.21 Å². The van der Waals surface area contributed by atoms with Gasteiger partial charge in [0.1, 0.15) is 17.3 Å². The van der Waals surface area contributed by atoms with E-state index in [0.29, 0.717) is 5.70 Å². The quantitative estimate of drug-likeness (QED) is 0.819. The number of benzene rings is 1. The Morgan fingerprint density at radius 2 is 2.00 bits per heavy atom. The Morgan fingerprint density at radius 3 is 2.59 bits per heavy atom. The van der Waals surface area contributed by atoms with Crippen molar-refractivity contribution in [2.45, 2.75) is 0 Å². The summed E-state index contributed by atoms with van der Waals surface area (Å²) in [4.78, 5) is 0. The van der Waals surface area contributed by atoms with Gasteiger partial charge in [-0.2, -0.15) is 9.62 Å². The minimum atomic E-state index is -2.49. The first-order valence-corrected chi connectivity index (χ1v) is 6.91. The normalized spacial score (nSPS) is 23.6. The first-order valence-electron chi connectivity index (χ1n) is 4.93. The Balaban J connectivity index is 2.75. The van der Waals surface area contributed by atoms with Gasteiger partial charge < -0.3 is 5.73 Å². The van der Waals surface area contributed by atoms with Gasteiger partial charge in [-0.3, -0.25) is 0 Å². The van der Waals surface area contributed by atoms with Crippen LogP contribution in [0.2, 0.25) is 0 Å². The Bertz CT molecular complexity index is 671. The Morgan fingerprint density at radius 1 is 1.35 bits per heavy atom. The molecule has 4 nitrogen and oxygen atoms in total. The molecule has 0 saturated heterocycles. The molecule has 0 fully saturated rings. The maximum atomic E-state index is 12.0. The zero-order chi connectivity index (χ0) is 12.5. The molecule has 86 valence electrons. The lowest BCUT2D eigenvalue weighted by Crippen LogP contribution is -2.10. The van der Waals surface area contributed by atoms with E-state index in [1.54, 1.807) is 0 Å². The third kappa shape index (κ3) is 2.22. The average molecular weight is 245 g/mol. The van der Waals surface area contributed by atoms with Gasteiger partial charge in [-0.05, 0) is 0 Å². The Kier molecular flexibility index (Phi) is 2.74. The van der Waals surface area contributed by atoms with E-state index in [1.807, 2.05) is 36.4 Å². The van der Waals surface area contributed by atoms with E-state index in [4.69, 9.17) is 11.0 Å². The molecule has 0 saturated carbocycles. The molecule has 1 aromatic carbocycles. The van der Waals surface area contributed by atoms with Crippen molar-refractivity contribution in [2.24, 2.45) is 10.1 Å². The van der Waals surface area contributed by atoms with E-state index < -0.39 is 9.73 Å². The molecule has 1 heterocycles. The fraction of sp³-hybridized carbons (Fsp3) is 0.0833. The van der Waals surface area contributed by atoms with Crippen LogP contribution in [0.3, 0.4) is 0 Å². The summed E-state index contributed by atoms with van der Waals surface area (Å²) >= 11 is 0. The first kappa shape index (κ1) is 11.4. The summed E-state index contributed by atoms with van der Waals surface area (Å²) < 4.78 is 16.1. The third-order valence-corrected chi connectivity index (χ3v) is 3.54. The monoisotopic (exact) mass is 245 g/mol. The number of hydrogen-bond acceptors (Lipinski definition) is 4. The number of allylic oxidation sites excluding steroid dienone is 1. The van der Waals surface area contributed by atoms with Crippen LogP contribution in [0.1, 0.15) is 5.56 Å². The highest BCUT2D eigenvalue weighted by Crippen LogP contribution is 2.28. The molecule has 0 radical (unpaired) electrons. The summed E-state index contributed by atoms with van der Waals surface area (Å²) in [6, 6.07) is 11.2. The van der Waals surface area contributed by atoms with Crippen LogP contribution in [0.15, 0.2) is 51.4 Å². The molecule has 5 heteroatoms. The van der Waals surface area contributed by atoms with Crippen LogP contribution < -0.4 is 5.73 Å². The summed E-state index contributed by atoms with van der Waals surface area (Å²) in [5.74, 6) is 0. The van der Waals surface area contributed by atoms with Crippen LogP contribution in [-0.2, 0) is 9.73 Å². The minimum Gasteiger partial charge on any atom is -0.397 e. The van der Waals surface area contributed by atoms with Gasteiger partial charge in [-0.1, -0.05) is 30.3 Å². The predicted molar refractivity (Wildman–Crippen MR) is 67.7 cm³/mol. The molecule has 0 amide bonds. The molecule has 1 unspecified atom stereocenters. The highest BCUT2D eigenvalue weighted by molar-refractivity contribution is 7.96. The van der Waals surface area contributed by atoms with Gasteiger partial charge in [0.05, 0.1) is 15.4 Å². The van der Waals surface area contributed by atoms with E-state index in [0.717, 1.165) is 5.56 Å². The van der Waals surface area contributed by atoms with Gasteiger partial charge >= 0.3 is 0 Å². The summed E-state index contributed by atoms with van der Waals surface area (Å²) in [7, 11) is -2.49. The molecule has 0 bridgehead atoms. The maximum absolute atomic E-state index is 12.0. The minimum absolute atomic E-state index is 0.230. The third-order valence-electron chi connectivity index (χ3n) is 2.30. The fourth-order valence-electron chi connectivity index (χ4n) is 1.60. The summed E-state index contributed by atoms with van der Waals surface area (Å²) in [5.41, 5.74) is 7.39. The molecule has 1 aliphatic heterocycles. The molecule has 0 aromatic heterocycles. The highest BCUT2D eigenvalue weighted by Gasteiger charge is 2.18. The Labute approximate surface area is 100 Å². The first-order chi connectivity index (χ1) is 8.03. The van der Waals surface area contributed by atoms with Crippen molar-refractivity contribution in [2.75, 3.05) is 6.26 Å². The molecule has 1 aliphatic rings. The Hall–Kier alpha value is -2.06. The molecule has 17 heavy (non-hydrogen) atoms. The molecule has 0 aliphatic carbocycles. The average Bonchev–Trinajstić information content (AvgIpc) is 2.28. The smallest absolute Gasteiger partial charge is 0.104 e. The van der Waals surface area contributed by atoms with E-state index >= 15 is 0 Å². The highest BCUT2D eigenvalue weighted by atomic mass is 32.2. The van der Waals surface area contributed by atoms with Gasteiger partial charge in [0.25, 0.3) is 0 Å². The van der Waals surface area contributed by atoms with Crippen LogP contribution in [0.25, 0.3) is 5.70 Å². The predicted octanol–water partition coefficient (Wildman–Crippen LogP) is 1.83. The number of nitrogens with zero attached hydrogens (tertiary/aromatic N) is 2. The lowest BCUT2D eigenvalue weighted by Gasteiger charge is -2.13. The largest absolute Gasteiger partial charge is 0.397 e. The number of rotatable bonds is 1. The lowest BCUT2D eigenvalue weighted by atomic mass is 10.1. The van der Waals surface area contributed by atoms with Crippen molar-refractivity contribution in [3.63, 3.8) is 0 Å². The molecule has 2 rings (SSSR count). The molecular weight excluding hydrogens is 234 g/mol. The zero-order valence-corrected chi connectivity index (χ0v) is 10.1. The summed E-state index contributed by atoms with van der Waals surface area (Å²) in [6.07, 6.45) is 1.50. The van der Waals surface area contributed by atoms with Crippen molar-refractivity contribution >= 4 is 15.4 Å². The van der Waals surface area contributed by atoms with Crippen LogP contribution in [0, 0.1) is 11.3 Å². The number of nitrogens with two attached hydrogens (primary N) is 1. The van der Waals surface area contributed by atoms with Crippen molar-refractivity contribution < 1.29 is 4.21 Å². The molecule has 1 aromatic rings. The van der Waals surface area contributed by atoms with Gasteiger partial charge in [0, 0.05) is 17.2 Å². The van der Waals surface area contributed by atoms with Crippen LogP contribution in [0.5, 0.6) is 0 Å². The zero-order valence-electron chi connectivity index (χ0n) is 9.25. The van der Waals surface area contributed by atoms with Gasteiger partial charge in [0.15, 0.2) is 0 Å². The van der Waals surface area contributed by atoms with E-state index in [2.05, 4.69) is 4.36 Å². The van der Waals surface area contributed by atoms with Gasteiger partial charge in [0.2, 0.25) is 0 Å². The number of hydrogen-bond donors (Lipinski definition) is 1. The molecular formula is C12H11N3OS. The van der Waals surface area contributed by atoms with Crippen molar-refractivity contribution in [3.05, 3.63) is 52.6 Å². The standard InChI is InChI=1S/C12H11N3OS/c1-17(16)8-11(14)10(7-13)12(15-17)9-5-3-2-4-6-9/h2-6,8H,14H2,1H3. The van der Waals surface area contributed by atoms with Crippen LogP contribution >= 0.6 is 0 Å². The van der Waals surface area contributed by atoms with E-state index in [9.17, 15) is 4.21 Å². The second-order valence-electron chi connectivity index (χ2n) is 3.73. The van der Waals surface area contributed by atoms with E-state index in [1.165, 1.54) is 11.7 Å². The van der Waals surface area contributed by atoms with Crippen LogP contribution in [-0.4, -0.2) is 10.5 Å².